The van der Waals surface area contributed by atoms with Gasteiger partial charge >= 0.3 is 0 Å². The predicted molar refractivity (Wildman–Crippen MR) is 159 cm³/mol. The van der Waals surface area contributed by atoms with Crippen LogP contribution in [0.5, 0.6) is 5.75 Å². The Morgan fingerprint density at radius 1 is 0.905 bits per heavy atom. The lowest BCUT2D eigenvalue weighted by Gasteiger charge is -2.29. The molecule has 1 heterocycles. The van der Waals surface area contributed by atoms with Crippen molar-refractivity contribution in [3.63, 3.8) is 0 Å². The lowest BCUT2D eigenvalue weighted by Crippen LogP contribution is -2.48. The van der Waals surface area contributed by atoms with Gasteiger partial charge < -0.3 is 15.0 Å². The number of carbonyl (C=O) groups is 2. The summed E-state index contributed by atoms with van der Waals surface area (Å²) < 4.78 is 45.8. The van der Waals surface area contributed by atoms with E-state index in [4.69, 9.17) is 4.74 Å². The molecular formula is C32H38FN3O5S. The van der Waals surface area contributed by atoms with Crippen molar-refractivity contribution in [1.82, 2.24) is 14.5 Å². The van der Waals surface area contributed by atoms with E-state index in [1.165, 1.54) is 21.3 Å². The number of hydrogen-bond acceptors (Lipinski definition) is 5. The Labute approximate surface area is 247 Å². The highest BCUT2D eigenvalue weighted by atomic mass is 32.2. The number of rotatable bonds is 13. The summed E-state index contributed by atoms with van der Waals surface area (Å²) >= 11 is 0. The maximum absolute atomic E-state index is 13.5. The second-order valence-corrected chi connectivity index (χ2v) is 12.4. The molecule has 1 atom stereocenters. The number of amides is 2. The van der Waals surface area contributed by atoms with Crippen LogP contribution in [0.4, 0.5) is 4.39 Å². The normalized spacial score (nSPS) is 14.4. The SMILES string of the molecule is COc1ccc(CCNC(=O)[C@H](C)N(Cc2ccc(F)cc2)C(=O)CCc2ccc(S(=O)(=O)N3CCCC3)cc2)cc1. The number of nitrogens with one attached hydrogen (secondary N) is 1. The predicted octanol–water partition coefficient (Wildman–Crippen LogP) is 4.33. The third-order valence-electron chi connectivity index (χ3n) is 7.56. The molecule has 10 heteroatoms. The Hall–Kier alpha value is -3.76. The monoisotopic (exact) mass is 595 g/mol. The maximum atomic E-state index is 13.5. The van der Waals surface area contributed by atoms with Gasteiger partial charge in [-0.2, -0.15) is 4.31 Å². The number of methoxy groups -OCH3 is 1. The van der Waals surface area contributed by atoms with E-state index in [1.54, 1.807) is 50.4 Å². The molecule has 1 N–H and O–H groups in total. The molecule has 1 aliphatic heterocycles. The zero-order chi connectivity index (χ0) is 30.1. The summed E-state index contributed by atoms with van der Waals surface area (Å²) in [6.45, 7) is 3.31. The number of halogens is 1. The van der Waals surface area contributed by atoms with Gasteiger partial charge in [-0.15, -0.1) is 0 Å². The first-order chi connectivity index (χ1) is 20.2. The second kappa shape index (κ2) is 14.4. The van der Waals surface area contributed by atoms with Crippen molar-refractivity contribution in [2.75, 3.05) is 26.7 Å². The molecular weight excluding hydrogens is 557 g/mol. The van der Waals surface area contributed by atoms with Gasteiger partial charge in [0.15, 0.2) is 0 Å². The number of nitrogens with zero attached hydrogens (tertiary/aromatic N) is 2. The largest absolute Gasteiger partial charge is 0.497 e. The van der Waals surface area contributed by atoms with E-state index < -0.39 is 16.1 Å². The van der Waals surface area contributed by atoms with Crippen LogP contribution in [-0.4, -0.2) is 62.2 Å². The molecule has 0 radical (unpaired) electrons. The molecule has 0 bridgehead atoms. The summed E-state index contributed by atoms with van der Waals surface area (Å²) in [6.07, 6.45) is 2.87. The van der Waals surface area contributed by atoms with Crippen LogP contribution in [0.15, 0.2) is 77.7 Å². The summed E-state index contributed by atoms with van der Waals surface area (Å²) in [5.41, 5.74) is 2.57. The van der Waals surface area contributed by atoms with Crippen LogP contribution in [0.3, 0.4) is 0 Å². The molecule has 1 aliphatic rings. The van der Waals surface area contributed by atoms with Crippen molar-refractivity contribution in [3.8, 4) is 5.75 Å². The number of ether oxygens (including phenoxy) is 1. The minimum absolute atomic E-state index is 0.128. The number of benzene rings is 3. The summed E-state index contributed by atoms with van der Waals surface area (Å²) in [6, 6.07) is 19.3. The van der Waals surface area contributed by atoms with Crippen LogP contribution < -0.4 is 10.1 Å². The maximum Gasteiger partial charge on any atom is 0.243 e. The quantitative estimate of drug-likeness (QED) is 0.318. The second-order valence-electron chi connectivity index (χ2n) is 10.5. The van der Waals surface area contributed by atoms with Crippen molar-refractivity contribution in [2.24, 2.45) is 0 Å². The standard InChI is InChI=1S/C32H38FN3O5S/c1-24(32(38)34-20-19-26-7-14-29(41-2)15-8-26)36(23-27-5-12-28(33)13-6-27)31(37)18-11-25-9-16-30(17-10-25)42(39,40)35-21-3-4-22-35/h5-10,12-17,24H,3-4,11,18-23H2,1-2H3,(H,34,38)/t24-/m0/s1. The van der Waals surface area contributed by atoms with Gasteiger partial charge in [-0.25, -0.2) is 12.8 Å². The van der Waals surface area contributed by atoms with Crippen molar-refractivity contribution >= 4 is 21.8 Å². The number of sulfonamides is 1. The molecule has 0 aliphatic carbocycles. The van der Waals surface area contributed by atoms with E-state index in [9.17, 15) is 22.4 Å². The van der Waals surface area contributed by atoms with Crippen LogP contribution in [0.25, 0.3) is 0 Å². The molecule has 2 amide bonds. The van der Waals surface area contributed by atoms with Gasteiger partial charge in [0.25, 0.3) is 0 Å². The fourth-order valence-corrected chi connectivity index (χ4v) is 6.46. The van der Waals surface area contributed by atoms with Gasteiger partial charge in [0, 0.05) is 32.6 Å². The molecule has 0 spiro atoms. The van der Waals surface area contributed by atoms with Gasteiger partial charge in [0.2, 0.25) is 21.8 Å². The minimum Gasteiger partial charge on any atom is -0.497 e. The van der Waals surface area contributed by atoms with E-state index in [1.807, 2.05) is 24.3 Å². The molecule has 1 fully saturated rings. The van der Waals surface area contributed by atoms with Crippen LogP contribution in [0.1, 0.15) is 42.9 Å². The van der Waals surface area contributed by atoms with Crippen LogP contribution in [0.2, 0.25) is 0 Å². The molecule has 0 saturated carbocycles. The van der Waals surface area contributed by atoms with Gasteiger partial charge in [0.05, 0.1) is 12.0 Å². The van der Waals surface area contributed by atoms with Gasteiger partial charge in [-0.3, -0.25) is 9.59 Å². The fourth-order valence-electron chi connectivity index (χ4n) is 4.94. The zero-order valence-corrected chi connectivity index (χ0v) is 24.9. The first kappa shape index (κ1) is 31.2. The van der Waals surface area contributed by atoms with Crippen LogP contribution in [0, 0.1) is 5.82 Å². The van der Waals surface area contributed by atoms with E-state index in [0.29, 0.717) is 38.0 Å². The molecule has 4 rings (SSSR count). The van der Waals surface area contributed by atoms with Gasteiger partial charge in [-0.1, -0.05) is 36.4 Å². The average molecular weight is 596 g/mol. The van der Waals surface area contributed by atoms with Crippen LogP contribution >= 0.6 is 0 Å². The Morgan fingerprint density at radius 2 is 1.48 bits per heavy atom. The molecule has 1 saturated heterocycles. The number of hydrogen-bond donors (Lipinski definition) is 1. The van der Waals surface area contributed by atoms with E-state index in [-0.39, 0.29) is 35.5 Å². The highest BCUT2D eigenvalue weighted by molar-refractivity contribution is 7.89. The molecule has 0 aromatic heterocycles. The molecule has 3 aromatic carbocycles. The van der Waals surface area contributed by atoms with E-state index >= 15 is 0 Å². The molecule has 8 nitrogen and oxygen atoms in total. The molecule has 42 heavy (non-hydrogen) atoms. The Morgan fingerprint density at radius 3 is 2.10 bits per heavy atom. The van der Waals surface area contributed by atoms with E-state index in [0.717, 1.165) is 29.7 Å². The van der Waals surface area contributed by atoms with Crippen molar-refractivity contribution in [1.29, 1.82) is 0 Å². The van der Waals surface area contributed by atoms with Crippen LogP contribution in [-0.2, 0) is 39.0 Å². The third kappa shape index (κ3) is 8.17. The van der Waals surface area contributed by atoms with Gasteiger partial charge in [-0.05, 0) is 85.7 Å². The zero-order valence-electron chi connectivity index (χ0n) is 24.1. The summed E-state index contributed by atoms with van der Waals surface area (Å²) in [4.78, 5) is 28.3. The summed E-state index contributed by atoms with van der Waals surface area (Å²) in [5.74, 6) is -0.133. The smallest absolute Gasteiger partial charge is 0.243 e. The number of carbonyl (C=O) groups excluding carboxylic acids is 2. The Bertz CT molecular complexity index is 1440. The molecule has 0 unspecified atom stereocenters. The van der Waals surface area contributed by atoms with Crippen molar-refractivity contribution in [3.05, 3.63) is 95.3 Å². The molecule has 3 aromatic rings. The van der Waals surface area contributed by atoms with E-state index in [2.05, 4.69) is 5.32 Å². The average Bonchev–Trinajstić information content (AvgIpc) is 3.56. The molecule has 224 valence electrons. The summed E-state index contributed by atoms with van der Waals surface area (Å²) in [7, 11) is -1.90. The fraction of sp³-hybridized carbons (Fsp3) is 0.375. The lowest BCUT2D eigenvalue weighted by atomic mass is 10.1. The first-order valence-electron chi connectivity index (χ1n) is 14.2. The highest BCUT2D eigenvalue weighted by Crippen LogP contribution is 2.22. The van der Waals surface area contributed by atoms with Gasteiger partial charge in [0.1, 0.15) is 17.6 Å². The number of aryl methyl sites for hydroxylation is 1. The summed E-state index contributed by atoms with van der Waals surface area (Å²) in [5, 5.41) is 2.92. The van der Waals surface area contributed by atoms with Crippen molar-refractivity contribution in [2.45, 2.75) is 56.5 Å². The van der Waals surface area contributed by atoms with Crippen molar-refractivity contribution < 1.29 is 27.1 Å². The highest BCUT2D eigenvalue weighted by Gasteiger charge is 2.28. The lowest BCUT2D eigenvalue weighted by molar-refractivity contribution is -0.140. The third-order valence-corrected chi connectivity index (χ3v) is 9.47. The Balaban J connectivity index is 1.38. The topological polar surface area (TPSA) is 96.0 Å². The first-order valence-corrected chi connectivity index (χ1v) is 15.6. The Kier molecular flexibility index (Phi) is 10.7. The minimum atomic E-state index is -3.51.